The van der Waals surface area contributed by atoms with Gasteiger partial charge in [-0.3, -0.25) is 0 Å². The van der Waals surface area contributed by atoms with Gasteiger partial charge in [-0.2, -0.15) is 0 Å². The van der Waals surface area contributed by atoms with Gasteiger partial charge in [-0.1, -0.05) is 13.8 Å². The first-order chi connectivity index (χ1) is 6.66. The average Bonchev–Trinajstić information content (AvgIpc) is 2.10. The van der Waals surface area contributed by atoms with Crippen LogP contribution in [0.4, 0.5) is 0 Å². The second-order valence-corrected chi connectivity index (χ2v) is 3.98. The van der Waals surface area contributed by atoms with E-state index >= 15 is 0 Å². The van der Waals surface area contributed by atoms with Crippen molar-refractivity contribution < 1.29 is 4.74 Å². The highest BCUT2D eigenvalue weighted by Crippen LogP contribution is 1.85. The van der Waals surface area contributed by atoms with Crippen LogP contribution in [0, 0.1) is 0 Å². The molecule has 0 saturated heterocycles. The molecule has 1 unspecified atom stereocenters. The summed E-state index contributed by atoms with van der Waals surface area (Å²) in [6, 6.07) is 1.11. The molecule has 2 N–H and O–H groups in total. The van der Waals surface area contributed by atoms with Crippen molar-refractivity contribution in [1.82, 2.24) is 10.6 Å². The molecule has 0 aromatic carbocycles. The lowest BCUT2D eigenvalue weighted by atomic mass is 10.3. The molecule has 0 heterocycles. The van der Waals surface area contributed by atoms with Crippen LogP contribution in [0.25, 0.3) is 0 Å². The summed E-state index contributed by atoms with van der Waals surface area (Å²) in [5, 5.41) is 6.86. The predicted molar refractivity (Wildman–Crippen MR) is 61.7 cm³/mol. The van der Waals surface area contributed by atoms with Crippen LogP contribution in [-0.4, -0.2) is 38.4 Å². The first-order valence-corrected chi connectivity index (χ1v) is 5.71. The van der Waals surface area contributed by atoms with Crippen LogP contribution in [0.15, 0.2) is 0 Å². The van der Waals surface area contributed by atoms with Crippen LogP contribution in [0.2, 0.25) is 0 Å². The Morgan fingerprint density at radius 3 is 2.50 bits per heavy atom. The van der Waals surface area contributed by atoms with Crippen molar-refractivity contribution in [3.8, 4) is 0 Å². The van der Waals surface area contributed by atoms with Gasteiger partial charge < -0.3 is 15.4 Å². The van der Waals surface area contributed by atoms with E-state index in [4.69, 9.17) is 4.74 Å². The number of rotatable bonds is 9. The minimum Gasteiger partial charge on any atom is -0.382 e. The van der Waals surface area contributed by atoms with Gasteiger partial charge >= 0.3 is 0 Å². The Kier molecular flexibility index (Phi) is 9.35. The van der Waals surface area contributed by atoms with E-state index in [0.717, 1.165) is 32.7 Å². The van der Waals surface area contributed by atoms with Gasteiger partial charge in [-0.05, 0) is 26.8 Å². The van der Waals surface area contributed by atoms with E-state index in [1.807, 2.05) is 6.92 Å². The SMILES string of the molecule is CCOCCCNCC(C)NC(C)C. The molecule has 1 atom stereocenters. The molecule has 0 radical (unpaired) electrons. The van der Waals surface area contributed by atoms with E-state index in [1.54, 1.807) is 0 Å². The highest BCUT2D eigenvalue weighted by molar-refractivity contribution is 4.66. The molecule has 0 aromatic rings. The Bertz CT molecular complexity index is 118. The highest BCUT2D eigenvalue weighted by atomic mass is 16.5. The van der Waals surface area contributed by atoms with Crippen LogP contribution in [0.5, 0.6) is 0 Å². The number of hydrogen-bond acceptors (Lipinski definition) is 3. The Balaban J connectivity index is 3.10. The molecule has 3 heteroatoms. The molecule has 0 aliphatic heterocycles. The molecule has 0 rings (SSSR count). The maximum atomic E-state index is 5.25. The smallest absolute Gasteiger partial charge is 0.0477 e. The van der Waals surface area contributed by atoms with Gasteiger partial charge in [-0.15, -0.1) is 0 Å². The van der Waals surface area contributed by atoms with E-state index in [1.165, 1.54) is 0 Å². The lowest BCUT2D eigenvalue weighted by molar-refractivity contribution is 0.144. The van der Waals surface area contributed by atoms with Crippen molar-refractivity contribution in [2.75, 3.05) is 26.3 Å². The second kappa shape index (κ2) is 9.44. The number of hydrogen-bond donors (Lipinski definition) is 2. The van der Waals surface area contributed by atoms with Gasteiger partial charge in [0.15, 0.2) is 0 Å². The maximum Gasteiger partial charge on any atom is 0.0477 e. The first-order valence-electron chi connectivity index (χ1n) is 5.71. The zero-order valence-electron chi connectivity index (χ0n) is 10.1. The fraction of sp³-hybridized carbons (Fsp3) is 1.00. The van der Waals surface area contributed by atoms with Crippen LogP contribution in [0.1, 0.15) is 34.1 Å². The van der Waals surface area contributed by atoms with Crippen molar-refractivity contribution in [1.29, 1.82) is 0 Å². The molecule has 0 saturated carbocycles. The molecule has 86 valence electrons. The van der Waals surface area contributed by atoms with E-state index < -0.39 is 0 Å². The molecule has 0 fully saturated rings. The Morgan fingerprint density at radius 1 is 1.21 bits per heavy atom. The van der Waals surface area contributed by atoms with Crippen LogP contribution in [0.3, 0.4) is 0 Å². The standard InChI is InChI=1S/C11H26N2O/c1-5-14-8-6-7-12-9-11(4)13-10(2)3/h10-13H,5-9H2,1-4H3. The number of nitrogens with one attached hydrogen (secondary N) is 2. The molecular weight excluding hydrogens is 176 g/mol. The third-order valence-corrected chi connectivity index (χ3v) is 1.91. The second-order valence-electron chi connectivity index (χ2n) is 3.98. The van der Waals surface area contributed by atoms with Gasteiger partial charge in [0, 0.05) is 31.8 Å². The molecule has 0 aromatic heterocycles. The molecule has 0 amide bonds. The third kappa shape index (κ3) is 9.96. The summed E-state index contributed by atoms with van der Waals surface area (Å²) < 4.78 is 5.25. The third-order valence-electron chi connectivity index (χ3n) is 1.91. The summed E-state index contributed by atoms with van der Waals surface area (Å²) >= 11 is 0. The molecular formula is C11H26N2O. The summed E-state index contributed by atoms with van der Waals surface area (Å²) in [4.78, 5) is 0. The average molecular weight is 202 g/mol. The fourth-order valence-corrected chi connectivity index (χ4v) is 1.39. The van der Waals surface area contributed by atoms with Crippen LogP contribution in [-0.2, 0) is 4.74 Å². The van der Waals surface area contributed by atoms with E-state index in [9.17, 15) is 0 Å². The molecule has 0 aliphatic rings. The van der Waals surface area contributed by atoms with Crippen molar-refractivity contribution in [3.63, 3.8) is 0 Å². The summed E-state index contributed by atoms with van der Waals surface area (Å²) in [7, 11) is 0. The van der Waals surface area contributed by atoms with Crippen LogP contribution >= 0.6 is 0 Å². The lowest BCUT2D eigenvalue weighted by Gasteiger charge is -2.17. The molecule has 0 bridgehead atoms. The van der Waals surface area contributed by atoms with Crippen LogP contribution < -0.4 is 10.6 Å². The van der Waals surface area contributed by atoms with Crippen molar-refractivity contribution >= 4 is 0 Å². The van der Waals surface area contributed by atoms with Gasteiger partial charge in [0.25, 0.3) is 0 Å². The summed E-state index contributed by atoms with van der Waals surface area (Å²) in [6.07, 6.45) is 1.10. The molecule has 0 aliphatic carbocycles. The van der Waals surface area contributed by atoms with Crippen molar-refractivity contribution in [2.24, 2.45) is 0 Å². The van der Waals surface area contributed by atoms with Gasteiger partial charge in [0.2, 0.25) is 0 Å². The first kappa shape index (κ1) is 13.9. The zero-order valence-corrected chi connectivity index (χ0v) is 10.1. The Morgan fingerprint density at radius 2 is 1.93 bits per heavy atom. The summed E-state index contributed by atoms with van der Waals surface area (Å²) in [5.41, 5.74) is 0. The van der Waals surface area contributed by atoms with Gasteiger partial charge in [0.05, 0.1) is 0 Å². The maximum absolute atomic E-state index is 5.25. The van der Waals surface area contributed by atoms with Crippen molar-refractivity contribution in [2.45, 2.75) is 46.2 Å². The monoisotopic (exact) mass is 202 g/mol. The topological polar surface area (TPSA) is 33.3 Å². The molecule has 3 nitrogen and oxygen atoms in total. The predicted octanol–water partition coefficient (Wildman–Crippen LogP) is 1.39. The Labute approximate surface area is 88.6 Å². The number of ether oxygens (including phenoxy) is 1. The largest absolute Gasteiger partial charge is 0.382 e. The zero-order chi connectivity index (χ0) is 10.8. The molecule has 0 spiro atoms. The highest BCUT2D eigenvalue weighted by Gasteiger charge is 2.01. The summed E-state index contributed by atoms with van der Waals surface area (Å²) in [6.45, 7) is 12.4. The minimum absolute atomic E-state index is 0.544. The quantitative estimate of drug-likeness (QED) is 0.554. The lowest BCUT2D eigenvalue weighted by Crippen LogP contribution is -2.40. The van der Waals surface area contributed by atoms with E-state index in [-0.39, 0.29) is 0 Å². The normalized spacial score (nSPS) is 13.5. The molecule has 14 heavy (non-hydrogen) atoms. The van der Waals surface area contributed by atoms with E-state index in [2.05, 4.69) is 31.4 Å². The Hall–Kier alpha value is -0.120. The van der Waals surface area contributed by atoms with Crippen molar-refractivity contribution in [3.05, 3.63) is 0 Å². The summed E-state index contributed by atoms with van der Waals surface area (Å²) in [5.74, 6) is 0. The van der Waals surface area contributed by atoms with Gasteiger partial charge in [-0.25, -0.2) is 0 Å². The fourth-order valence-electron chi connectivity index (χ4n) is 1.39. The van der Waals surface area contributed by atoms with Gasteiger partial charge in [0.1, 0.15) is 0 Å². The minimum atomic E-state index is 0.544. The van der Waals surface area contributed by atoms with E-state index in [0.29, 0.717) is 12.1 Å².